The molecule has 1 aliphatic carbocycles. The fourth-order valence-electron chi connectivity index (χ4n) is 3.05. The van der Waals surface area contributed by atoms with Gasteiger partial charge in [-0.15, -0.1) is 0 Å². The summed E-state index contributed by atoms with van der Waals surface area (Å²) in [5, 5.41) is 0. The summed E-state index contributed by atoms with van der Waals surface area (Å²) >= 11 is 0. The van der Waals surface area contributed by atoms with E-state index < -0.39 is 0 Å². The predicted octanol–water partition coefficient (Wildman–Crippen LogP) is 4.82. The number of ether oxygens (including phenoxy) is 3. The molecule has 0 heterocycles. The van der Waals surface area contributed by atoms with E-state index >= 15 is 0 Å². The Morgan fingerprint density at radius 3 is 2.54 bits per heavy atom. The van der Waals surface area contributed by atoms with Crippen molar-refractivity contribution < 1.29 is 19.0 Å². The highest BCUT2D eigenvalue weighted by Crippen LogP contribution is 2.33. The maximum absolute atomic E-state index is 11.3. The van der Waals surface area contributed by atoms with Gasteiger partial charge >= 0.3 is 5.97 Å². The van der Waals surface area contributed by atoms with E-state index in [1.54, 1.807) is 0 Å². The molecule has 24 heavy (non-hydrogen) atoms. The number of hydrogen-bond donors (Lipinski definition) is 0. The molecule has 4 heteroatoms. The quantitative estimate of drug-likeness (QED) is 0.349. The molecule has 0 aromatic heterocycles. The first-order chi connectivity index (χ1) is 11.8. The highest BCUT2D eigenvalue weighted by Gasteiger charge is 2.15. The van der Waals surface area contributed by atoms with Crippen molar-refractivity contribution in [2.75, 3.05) is 20.0 Å². The molecule has 2 rings (SSSR count). The molecule has 0 atom stereocenters. The highest BCUT2D eigenvalue weighted by atomic mass is 16.7. The summed E-state index contributed by atoms with van der Waals surface area (Å²) in [6.07, 6.45) is 9.01. The van der Waals surface area contributed by atoms with Gasteiger partial charge in [-0.2, -0.15) is 0 Å². The van der Waals surface area contributed by atoms with Crippen LogP contribution >= 0.6 is 0 Å². The van der Waals surface area contributed by atoms with Gasteiger partial charge in [-0.1, -0.05) is 44.7 Å². The number of carbonyl (C=O) groups excluding carboxylic acids is 1. The molecule has 1 fully saturated rings. The SMILES string of the molecule is CCCCC(=O)OCOCCOc1ccc(C2CCCCC2)cc1. The van der Waals surface area contributed by atoms with Gasteiger partial charge in [0.1, 0.15) is 12.4 Å². The monoisotopic (exact) mass is 334 g/mol. The molecule has 0 saturated heterocycles. The van der Waals surface area contributed by atoms with E-state index in [0.717, 1.165) is 24.5 Å². The second-order valence-electron chi connectivity index (χ2n) is 6.40. The van der Waals surface area contributed by atoms with Crippen molar-refractivity contribution in [3.63, 3.8) is 0 Å². The summed E-state index contributed by atoms with van der Waals surface area (Å²) < 4.78 is 15.9. The molecule has 1 aliphatic rings. The van der Waals surface area contributed by atoms with Crippen LogP contribution < -0.4 is 4.74 Å². The molecule has 0 unspecified atom stereocenters. The molecule has 0 bridgehead atoms. The summed E-state index contributed by atoms with van der Waals surface area (Å²) in [7, 11) is 0. The average Bonchev–Trinajstić information content (AvgIpc) is 2.64. The van der Waals surface area contributed by atoms with E-state index in [4.69, 9.17) is 14.2 Å². The Bertz CT molecular complexity index is 463. The Hall–Kier alpha value is -1.55. The van der Waals surface area contributed by atoms with Crippen LogP contribution in [0, 0.1) is 0 Å². The van der Waals surface area contributed by atoms with Crippen molar-refractivity contribution >= 4 is 5.97 Å². The van der Waals surface area contributed by atoms with Crippen LogP contribution in [0.15, 0.2) is 24.3 Å². The lowest BCUT2D eigenvalue weighted by Gasteiger charge is -2.22. The second kappa shape index (κ2) is 11.1. The van der Waals surface area contributed by atoms with Crippen molar-refractivity contribution in [3.05, 3.63) is 29.8 Å². The zero-order valence-electron chi connectivity index (χ0n) is 14.8. The zero-order chi connectivity index (χ0) is 17.0. The van der Waals surface area contributed by atoms with Crippen molar-refractivity contribution in [3.8, 4) is 5.75 Å². The lowest BCUT2D eigenvalue weighted by Crippen LogP contribution is -2.12. The minimum Gasteiger partial charge on any atom is -0.491 e. The topological polar surface area (TPSA) is 44.8 Å². The van der Waals surface area contributed by atoms with Crippen LogP contribution in [-0.4, -0.2) is 26.0 Å². The first kappa shape index (κ1) is 18.8. The number of esters is 1. The molecule has 0 radical (unpaired) electrons. The van der Waals surface area contributed by atoms with E-state index in [9.17, 15) is 4.79 Å². The molecule has 4 nitrogen and oxygen atoms in total. The van der Waals surface area contributed by atoms with Crippen LogP contribution in [0.4, 0.5) is 0 Å². The second-order valence-corrected chi connectivity index (χ2v) is 6.40. The Labute approximate surface area is 145 Å². The van der Waals surface area contributed by atoms with E-state index in [-0.39, 0.29) is 12.8 Å². The standard InChI is InChI=1S/C20H30O4/c1-2-3-9-20(21)24-16-22-14-15-23-19-12-10-18(11-13-19)17-7-5-4-6-8-17/h10-13,17H,2-9,14-16H2,1H3. The van der Waals surface area contributed by atoms with Crippen LogP contribution in [0.3, 0.4) is 0 Å². The summed E-state index contributed by atoms with van der Waals surface area (Å²) in [5.74, 6) is 1.38. The van der Waals surface area contributed by atoms with E-state index in [2.05, 4.69) is 12.1 Å². The van der Waals surface area contributed by atoms with E-state index in [0.29, 0.717) is 19.6 Å². The largest absolute Gasteiger partial charge is 0.491 e. The van der Waals surface area contributed by atoms with Gasteiger partial charge in [0.05, 0.1) is 6.61 Å². The van der Waals surface area contributed by atoms with Gasteiger partial charge in [-0.05, 0) is 42.9 Å². The molecule has 134 valence electrons. The lowest BCUT2D eigenvalue weighted by molar-refractivity contribution is -0.156. The third-order valence-electron chi connectivity index (χ3n) is 4.49. The van der Waals surface area contributed by atoms with Crippen LogP contribution in [0.25, 0.3) is 0 Å². The molecule has 0 aliphatic heterocycles. The van der Waals surface area contributed by atoms with Crippen molar-refractivity contribution in [2.45, 2.75) is 64.2 Å². The van der Waals surface area contributed by atoms with E-state index in [1.165, 1.54) is 37.7 Å². The minimum absolute atomic E-state index is 0.00647. The van der Waals surface area contributed by atoms with E-state index in [1.807, 2.05) is 19.1 Å². The molecule has 1 aromatic carbocycles. The van der Waals surface area contributed by atoms with Gasteiger partial charge in [0, 0.05) is 6.42 Å². The molecule has 0 spiro atoms. The number of rotatable bonds is 10. The van der Waals surface area contributed by atoms with Crippen molar-refractivity contribution in [1.29, 1.82) is 0 Å². The van der Waals surface area contributed by atoms with Gasteiger partial charge in [-0.25, -0.2) is 0 Å². The Balaban J connectivity index is 1.56. The lowest BCUT2D eigenvalue weighted by atomic mass is 9.84. The predicted molar refractivity (Wildman–Crippen MR) is 94.2 cm³/mol. The summed E-state index contributed by atoms with van der Waals surface area (Å²) in [6, 6.07) is 8.44. The van der Waals surface area contributed by atoms with Crippen LogP contribution in [-0.2, 0) is 14.3 Å². The van der Waals surface area contributed by atoms with Crippen molar-refractivity contribution in [2.24, 2.45) is 0 Å². The molecular formula is C20H30O4. The smallest absolute Gasteiger partial charge is 0.307 e. The molecule has 1 saturated carbocycles. The number of hydrogen-bond acceptors (Lipinski definition) is 4. The third kappa shape index (κ3) is 6.91. The normalized spacial score (nSPS) is 15.2. The Morgan fingerprint density at radius 1 is 1.08 bits per heavy atom. The zero-order valence-corrected chi connectivity index (χ0v) is 14.8. The molecule has 1 aromatic rings. The van der Waals surface area contributed by atoms with Gasteiger partial charge in [0.25, 0.3) is 0 Å². The fourth-order valence-corrected chi connectivity index (χ4v) is 3.05. The Kier molecular flexibility index (Phi) is 8.67. The number of carbonyl (C=O) groups is 1. The van der Waals surface area contributed by atoms with Crippen molar-refractivity contribution in [1.82, 2.24) is 0 Å². The first-order valence-electron chi connectivity index (χ1n) is 9.25. The van der Waals surface area contributed by atoms with Gasteiger partial charge in [0.15, 0.2) is 6.79 Å². The minimum atomic E-state index is -0.198. The fraction of sp³-hybridized carbons (Fsp3) is 0.650. The maximum atomic E-state index is 11.3. The summed E-state index contributed by atoms with van der Waals surface area (Å²) in [6.45, 7) is 2.91. The third-order valence-corrected chi connectivity index (χ3v) is 4.49. The number of benzene rings is 1. The summed E-state index contributed by atoms with van der Waals surface area (Å²) in [5.41, 5.74) is 1.43. The molecule has 0 N–H and O–H groups in total. The van der Waals surface area contributed by atoms with Crippen LogP contribution in [0.5, 0.6) is 5.75 Å². The highest BCUT2D eigenvalue weighted by molar-refractivity contribution is 5.69. The van der Waals surface area contributed by atoms with Gasteiger partial charge in [-0.3, -0.25) is 4.79 Å². The maximum Gasteiger partial charge on any atom is 0.307 e. The first-order valence-corrected chi connectivity index (χ1v) is 9.25. The molecule has 0 amide bonds. The summed E-state index contributed by atoms with van der Waals surface area (Å²) in [4.78, 5) is 11.3. The van der Waals surface area contributed by atoms with Gasteiger partial charge in [0.2, 0.25) is 0 Å². The average molecular weight is 334 g/mol. The molecular weight excluding hydrogens is 304 g/mol. The van der Waals surface area contributed by atoms with Gasteiger partial charge < -0.3 is 14.2 Å². The van der Waals surface area contributed by atoms with Crippen LogP contribution in [0.2, 0.25) is 0 Å². The Morgan fingerprint density at radius 2 is 1.83 bits per heavy atom. The number of unbranched alkanes of at least 4 members (excludes halogenated alkanes) is 1. The van der Waals surface area contributed by atoms with Crippen LogP contribution in [0.1, 0.15) is 69.8 Å².